The van der Waals surface area contributed by atoms with Crippen LogP contribution in [0.1, 0.15) is 34.6 Å². The summed E-state index contributed by atoms with van der Waals surface area (Å²) in [6.45, 7) is 0.646. The molecule has 0 spiro atoms. The molecule has 4 heterocycles. The van der Waals surface area contributed by atoms with E-state index in [9.17, 15) is 4.79 Å². The third-order valence-corrected chi connectivity index (χ3v) is 5.84. The number of benzene rings is 1. The molecule has 1 aliphatic rings. The third kappa shape index (κ3) is 2.94. The van der Waals surface area contributed by atoms with Gasteiger partial charge in [-0.25, -0.2) is 9.97 Å². The first kappa shape index (κ1) is 16.3. The minimum absolute atomic E-state index is 0.101. The molecule has 1 aliphatic heterocycles. The van der Waals surface area contributed by atoms with E-state index in [1.165, 1.54) is 0 Å². The van der Waals surface area contributed by atoms with Gasteiger partial charge in [-0.1, -0.05) is 18.2 Å². The first-order chi connectivity index (χ1) is 13.3. The van der Waals surface area contributed by atoms with Crippen LogP contribution in [0.3, 0.4) is 0 Å². The van der Waals surface area contributed by atoms with Crippen molar-refractivity contribution in [3.05, 3.63) is 70.4 Å². The summed E-state index contributed by atoms with van der Waals surface area (Å²) in [5.74, 6) is 0.858. The zero-order valence-electron chi connectivity index (χ0n) is 14.6. The molecule has 0 unspecified atom stereocenters. The quantitative estimate of drug-likeness (QED) is 0.587. The molecule has 1 N–H and O–H groups in total. The van der Waals surface area contributed by atoms with Gasteiger partial charge in [0.25, 0.3) is 0 Å². The molecular weight excluding hydrogens is 360 g/mol. The van der Waals surface area contributed by atoms with E-state index in [-0.39, 0.29) is 11.9 Å². The zero-order chi connectivity index (χ0) is 18.2. The van der Waals surface area contributed by atoms with Gasteiger partial charge in [-0.3, -0.25) is 4.79 Å². The predicted octanol–water partition coefficient (Wildman–Crippen LogP) is 3.72. The van der Waals surface area contributed by atoms with Crippen LogP contribution in [0.2, 0.25) is 0 Å². The first-order valence-electron chi connectivity index (χ1n) is 8.98. The Bertz CT molecular complexity index is 1050. The van der Waals surface area contributed by atoms with Gasteiger partial charge in [-0.15, -0.1) is 11.3 Å². The van der Waals surface area contributed by atoms with Crippen molar-refractivity contribution in [2.45, 2.75) is 25.3 Å². The van der Waals surface area contributed by atoms with Crippen LogP contribution in [0.15, 0.2) is 52.7 Å². The second-order valence-corrected chi connectivity index (χ2v) is 7.60. The summed E-state index contributed by atoms with van der Waals surface area (Å²) >= 11 is 1.58. The van der Waals surface area contributed by atoms with E-state index in [0.717, 1.165) is 39.5 Å². The number of aromatic amines is 1. The lowest BCUT2D eigenvalue weighted by molar-refractivity contribution is -0.133. The van der Waals surface area contributed by atoms with E-state index < -0.39 is 0 Å². The van der Waals surface area contributed by atoms with Crippen molar-refractivity contribution >= 4 is 28.2 Å². The largest absolute Gasteiger partial charge is 0.458 e. The van der Waals surface area contributed by atoms with Gasteiger partial charge in [0.1, 0.15) is 17.4 Å². The average molecular weight is 378 g/mol. The van der Waals surface area contributed by atoms with Crippen LogP contribution < -0.4 is 0 Å². The number of carbonyl (C=O) groups excluding carboxylic acids is 1. The highest BCUT2D eigenvalue weighted by molar-refractivity contribution is 7.09. The Morgan fingerprint density at radius 1 is 1.33 bits per heavy atom. The average Bonchev–Trinajstić information content (AvgIpc) is 3.45. The van der Waals surface area contributed by atoms with E-state index in [2.05, 4.69) is 15.0 Å². The number of thiazole rings is 1. The van der Waals surface area contributed by atoms with Gasteiger partial charge in [0.15, 0.2) is 0 Å². The number of aryl methyl sites for hydroxylation is 1. The van der Waals surface area contributed by atoms with E-state index in [4.69, 9.17) is 4.42 Å². The van der Waals surface area contributed by atoms with Crippen LogP contribution in [-0.2, 0) is 17.6 Å². The Morgan fingerprint density at radius 3 is 3.11 bits per heavy atom. The SMILES string of the molecule is O=C(CCc1nccs1)N1CCc2[nH]cnc2[C@H]1c1cc2ccccc2o1. The number of para-hydroxylation sites is 1. The minimum atomic E-state index is -0.295. The van der Waals surface area contributed by atoms with Crippen LogP contribution in [-0.4, -0.2) is 32.3 Å². The van der Waals surface area contributed by atoms with Crippen molar-refractivity contribution in [3.8, 4) is 0 Å². The number of fused-ring (bicyclic) bond motifs is 2. The molecule has 7 heteroatoms. The van der Waals surface area contributed by atoms with Gasteiger partial charge in [-0.05, 0) is 12.1 Å². The summed E-state index contributed by atoms with van der Waals surface area (Å²) in [5.41, 5.74) is 2.78. The highest BCUT2D eigenvalue weighted by Crippen LogP contribution is 2.36. The van der Waals surface area contributed by atoms with Crippen molar-refractivity contribution in [2.24, 2.45) is 0 Å². The summed E-state index contributed by atoms with van der Waals surface area (Å²) < 4.78 is 6.11. The Morgan fingerprint density at radius 2 is 2.26 bits per heavy atom. The summed E-state index contributed by atoms with van der Waals surface area (Å²) in [6.07, 6.45) is 5.34. The molecule has 1 aromatic carbocycles. The normalized spacial score (nSPS) is 16.6. The van der Waals surface area contributed by atoms with Gasteiger partial charge in [-0.2, -0.15) is 0 Å². The molecule has 0 saturated carbocycles. The van der Waals surface area contributed by atoms with Crippen LogP contribution in [0, 0.1) is 0 Å². The van der Waals surface area contributed by atoms with Crippen molar-refractivity contribution in [1.82, 2.24) is 19.9 Å². The summed E-state index contributed by atoms with van der Waals surface area (Å²) in [7, 11) is 0. The predicted molar refractivity (Wildman–Crippen MR) is 102 cm³/mol. The number of rotatable bonds is 4. The Labute approximate surface area is 159 Å². The van der Waals surface area contributed by atoms with Crippen LogP contribution in [0.4, 0.5) is 0 Å². The lowest BCUT2D eigenvalue weighted by atomic mass is 9.99. The smallest absolute Gasteiger partial charge is 0.223 e. The molecule has 0 bridgehead atoms. The van der Waals surface area contributed by atoms with Crippen molar-refractivity contribution in [2.75, 3.05) is 6.54 Å². The monoisotopic (exact) mass is 378 g/mol. The number of furan rings is 1. The summed E-state index contributed by atoms with van der Waals surface area (Å²) in [6, 6.07) is 9.63. The fourth-order valence-corrected chi connectivity index (χ4v) is 4.32. The van der Waals surface area contributed by atoms with Gasteiger partial charge < -0.3 is 14.3 Å². The van der Waals surface area contributed by atoms with E-state index in [1.807, 2.05) is 40.6 Å². The van der Waals surface area contributed by atoms with Gasteiger partial charge in [0.05, 0.1) is 17.0 Å². The van der Waals surface area contributed by atoms with Gasteiger partial charge in [0, 0.05) is 48.5 Å². The Hall–Kier alpha value is -2.93. The van der Waals surface area contributed by atoms with Crippen LogP contribution >= 0.6 is 11.3 Å². The maximum Gasteiger partial charge on any atom is 0.223 e. The molecule has 1 amide bonds. The highest BCUT2D eigenvalue weighted by Gasteiger charge is 2.36. The third-order valence-electron chi connectivity index (χ3n) is 5.00. The number of hydrogen-bond donors (Lipinski definition) is 1. The number of H-pyrrole nitrogens is 1. The molecule has 0 saturated heterocycles. The lowest BCUT2D eigenvalue weighted by Crippen LogP contribution is -2.40. The standard InChI is InChI=1S/C20H18N4O2S/c25-18(6-5-17-21-8-10-27-17)24-9-7-14-19(23-12-22-14)20(24)16-11-13-3-1-2-4-15(13)26-16/h1-4,8,10-12,20H,5-7,9H2,(H,22,23)/t20-/m1/s1. The van der Waals surface area contributed by atoms with Crippen LogP contribution in [0.25, 0.3) is 11.0 Å². The number of imidazole rings is 1. The van der Waals surface area contributed by atoms with Crippen LogP contribution in [0.5, 0.6) is 0 Å². The maximum absolute atomic E-state index is 13.0. The number of carbonyl (C=O) groups is 1. The minimum Gasteiger partial charge on any atom is -0.458 e. The highest BCUT2D eigenvalue weighted by atomic mass is 32.1. The second kappa shape index (κ2) is 6.66. The molecular formula is C20H18N4O2S. The second-order valence-electron chi connectivity index (χ2n) is 6.62. The number of aromatic nitrogens is 3. The topological polar surface area (TPSA) is 75.0 Å². The number of nitrogens with one attached hydrogen (secondary N) is 1. The Balaban J connectivity index is 1.49. The summed E-state index contributed by atoms with van der Waals surface area (Å²) in [5, 5.41) is 3.96. The summed E-state index contributed by atoms with van der Waals surface area (Å²) in [4.78, 5) is 26.9. The van der Waals surface area contributed by atoms with E-state index >= 15 is 0 Å². The molecule has 0 radical (unpaired) electrons. The molecule has 4 aromatic rings. The molecule has 5 rings (SSSR count). The lowest BCUT2D eigenvalue weighted by Gasteiger charge is -2.33. The maximum atomic E-state index is 13.0. The van der Waals surface area contributed by atoms with Crippen molar-refractivity contribution in [3.63, 3.8) is 0 Å². The number of nitrogens with zero attached hydrogens (tertiary/aromatic N) is 3. The fourth-order valence-electron chi connectivity index (χ4n) is 3.70. The molecule has 6 nitrogen and oxygen atoms in total. The fraction of sp³-hybridized carbons (Fsp3) is 0.250. The van der Waals surface area contributed by atoms with Crippen molar-refractivity contribution < 1.29 is 9.21 Å². The Kier molecular flexibility index (Phi) is 4.01. The van der Waals surface area contributed by atoms with E-state index in [0.29, 0.717) is 19.4 Å². The molecule has 0 aliphatic carbocycles. The zero-order valence-corrected chi connectivity index (χ0v) is 15.4. The number of amides is 1. The molecule has 1 atom stereocenters. The molecule has 27 heavy (non-hydrogen) atoms. The first-order valence-corrected chi connectivity index (χ1v) is 9.86. The van der Waals surface area contributed by atoms with Crippen molar-refractivity contribution in [1.29, 1.82) is 0 Å². The molecule has 136 valence electrons. The van der Waals surface area contributed by atoms with Gasteiger partial charge >= 0.3 is 0 Å². The molecule has 3 aromatic heterocycles. The molecule has 0 fully saturated rings. The van der Waals surface area contributed by atoms with E-state index in [1.54, 1.807) is 23.9 Å². The number of hydrogen-bond acceptors (Lipinski definition) is 5. The van der Waals surface area contributed by atoms with Gasteiger partial charge in [0.2, 0.25) is 5.91 Å².